The van der Waals surface area contributed by atoms with Crippen molar-refractivity contribution in [2.45, 2.75) is 59.1 Å². The van der Waals surface area contributed by atoms with Gasteiger partial charge in [0.1, 0.15) is 12.4 Å². The molecule has 8 heteroatoms. The molecule has 0 saturated heterocycles. The minimum absolute atomic E-state index is 0.0202. The largest absolute Gasteiger partial charge is 0.491 e. The zero-order chi connectivity index (χ0) is 23.8. The van der Waals surface area contributed by atoms with Crippen LogP contribution in [-0.2, 0) is 14.3 Å². The molecule has 1 aliphatic heterocycles. The second-order valence-corrected chi connectivity index (χ2v) is 8.51. The smallest absolute Gasteiger partial charge is 0.257 e. The van der Waals surface area contributed by atoms with Crippen LogP contribution in [0.15, 0.2) is 18.2 Å². The van der Waals surface area contributed by atoms with Gasteiger partial charge in [-0.25, -0.2) is 0 Å². The maximum atomic E-state index is 13.3. The lowest BCUT2D eigenvalue weighted by Crippen LogP contribution is -2.48. The molecule has 0 aliphatic carbocycles. The van der Waals surface area contributed by atoms with Crippen LogP contribution in [0.5, 0.6) is 5.75 Å². The van der Waals surface area contributed by atoms with Gasteiger partial charge >= 0.3 is 0 Å². The first kappa shape index (κ1) is 25.6. The van der Waals surface area contributed by atoms with Crippen LogP contribution in [0.25, 0.3) is 0 Å². The normalized spacial score (nSPS) is 22.3. The van der Waals surface area contributed by atoms with Crippen LogP contribution in [0.3, 0.4) is 0 Å². The standard InChI is InChI=1S/C24H37N3O5/c1-7-9-22(28)25-18-10-11-20-19(12-18)24(30)26(5)14-21(31-6)16(3)13-27(23(29)8-2)17(4)15-32-20/h10-12,16-17,21H,7-9,13-15H2,1-6H3,(H,25,28)/t16-,17-,21+/m0/s1. The van der Waals surface area contributed by atoms with Crippen molar-refractivity contribution in [1.29, 1.82) is 0 Å². The van der Waals surface area contributed by atoms with Crippen molar-refractivity contribution in [3.63, 3.8) is 0 Å². The first-order valence-electron chi connectivity index (χ1n) is 11.4. The molecule has 0 saturated carbocycles. The maximum Gasteiger partial charge on any atom is 0.257 e. The molecule has 32 heavy (non-hydrogen) atoms. The second kappa shape index (κ2) is 11.9. The molecule has 1 aliphatic rings. The van der Waals surface area contributed by atoms with Gasteiger partial charge in [0.25, 0.3) is 5.91 Å². The van der Waals surface area contributed by atoms with Crippen molar-refractivity contribution >= 4 is 23.4 Å². The molecule has 3 atom stereocenters. The summed E-state index contributed by atoms with van der Waals surface area (Å²) in [4.78, 5) is 41.4. The average molecular weight is 448 g/mol. The number of hydrogen-bond acceptors (Lipinski definition) is 5. The van der Waals surface area contributed by atoms with Gasteiger partial charge in [0.2, 0.25) is 11.8 Å². The van der Waals surface area contributed by atoms with Gasteiger partial charge in [0.05, 0.1) is 17.7 Å². The number of carbonyl (C=O) groups is 3. The Labute approximate surface area is 191 Å². The number of amides is 3. The molecular formula is C24H37N3O5. The van der Waals surface area contributed by atoms with Gasteiger partial charge in [0, 0.05) is 51.7 Å². The minimum atomic E-state index is -0.237. The van der Waals surface area contributed by atoms with E-state index in [2.05, 4.69) is 5.32 Å². The highest BCUT2D eigenvalue weighted by atomic mass is 16.5. The monoisotopic (exact) mass is 447 g/mol. The molecule has 178 valence electrons. The number of benzene rings is 1. The molecule has 2 rings (SSSR count). The first-order valence-corrected chi connectivity index (χ1v) is 11.4. The summed E-state index contributed by atoms with van der Waals surface area (Å²) in [6, 6.07) is 4.90. The Morgan fingerprint density at radius 3 is 2.56 bits per heavy atom. The van der Waals surface area contributed by atoms with Crippen LogP contribution in [0, 0.1) is 5.92 Å². The zero-order valence-corrected chi connectivity index (χ0v) is 20.1. The second-order valence-electron chi connectivity index (χ2n) is 8.51. The molecule has 0 unspecified atom stereocenters. The van der Waals surface area contributed by atoms with Crippen LogP contribution >= 0.6 is 0 Å². The Morgan fingerprint density at radius 1 is 1.22 bits per heavy atom. The number of likely N-dealkylation sites (N-methyl/N-ethyl adjacent to an activating group) is 1. The lowest BCUT2D eigenvalue weighted by atomic mass is 10.0. The van der Waals surface area contributed by atoms with E-state index < -0.39 is 0 Å². The fourth-order valence-corrected chi connectivity index (χ4v) is 3.86. The van der Waals surface area contributed by atoms with Crippen LogP contribution in [0.1, 0.15) is 57.3 Å². The molecular weight excluding hydrogens is 410 g/mol. The predicted molar refractivity (Wildman–Crippen MR) is 124 cm³/mol. The Hall–Kier alpha value is -2.61. The van der Waals surface area contributed by atoms with E-state index in [1.807, 2.05) is 32.6 Å². The molecule has 3 amide bonds. The Morgan fingerprint density at radius 2 is 1.94 bits per heavy atom. The van der Waals surface area contributed by atoms with Crippen molar-refractivity contribution in [3.8, 4) is 5.75 Å². The minimum Gasteiger partial charge on any atom is -0.491 e. The van der Waals surface area contributed by atoms with Crippen molar-refractivity contribution in [2.75, 3.05) is 39.2 Å². The molecule has 0 bridgehead atoms. The van der Waals surface area contributed by atoms with Gasteiger partial charge < -0.3 is 24.6 Å². The summed E-state index contributed by atoms with van der Waals surface area (Å²) in [6.07, 6.45) is 1.32. The molecule has 0 spiro atoms. The number of anilines is 1. The quantitative estimate of drug-likeness (QED) is 0.749. The first-order chi connectivity index (χ1) is 15.2. The lowest BCUT2D eigenvalue weighted by Gasteiger charge is -2.36. The van der Waals surface area contributed by atoms with E-state index in [0.717, 1.165) is 6.42 Å². The number of nitrogens with one attached hydrogen (secondary N) is 1. The Bertz CT molecular complexity index is 813. The fraction of sp³-hybridized carbons (Fsp3) is 0.625. The highest BCUT2D eigenvalue weighted by Crippen LogP contribution is 2.26. The van der Waals surface area contributed by atoms with Gasteiger partial charge in [-0.2, -0.15) is 0 Å². The summed E-state index contributed by atoms with van der Waals surface area (Å²) >= 11 is 0. The number of ether oxygens (including phenoxy) is 2. The average Bonchev–Trinajstić information content (AvgIpc) is 2.77. The van der Waals surface area contributed by atoms with E-state index in [0.29, 0.717) is 42.9 Å². The van der Waals surface area contributed by atoms with E-state index in [4.69, 9.17) is 9.47 Å². The molecule has 0 aromatic heterocycles. The number of carbonyl (C=O) groups excluding carboxylic acids is 3. The van der Waals surface area contributed by atoms with Crippen LogP contribution in [0.4, 0.5) is 5.69 Å². The van der Waals surface area contributed by atoms with Crippen molar-refractivity contribution in [2.24, 2.45) is 5.92 Å². The molecule has 0 fully saturated rings. The number of nitrogens with zero attached hydrogens (tertiary/aromatic N) is 2. The summed E-state index contributed by atoms with van der Waals surface area (Å²) in [6.45, 7) is 8.89. The molecule has 1 aromatic rings. The summed E-state index contributed by atoms with van der Waals surface area (Å²) < 4.78 is 11.7. The third kappa shape index (κ3) is 6.45. The van der Waals surface area contributed by atoms with Crippen LogP contribution in [0.2, 0.25) is 0 Å². The summed E-state index contributed by atoms with van der Waals surface area (Å²) in [5.74, 6) is 0.187. The van der Waals surface area contributed by atoms with E-state index in [1.165, 1.54) is 0 Å². The molecule has 1 aromatic carbocycles. The van der Waals surface area contributed by atoms with Gasteiger partial charge in [-0.15, -0.1) is 0 Å². The molecule has 0 radical (unpaired) electrons. The van der Waals surface area contributed by atoms with Gasteiger partial charge in [-0.05, 0) is 31.5 Å². The third-order valence-corrected chi connectivity index (χ3v) is 5.83. The SMILES string of the molecule is CCCC(=O)Nc1ccc2c(c1)C(=O)N(C)C[C@@H](OC)[C@@H](C)CN(C(=O)CC)[C@@H](C)CO2. The third-order valence-electron chi connectivity index (χ3n) is 5.83. The van der Waals surface area contributed by atoms with Crippen molar-refractivity contribution < 1.29 is 23.9 Å². The van der Waals surface area contributed by atoms with Crippen molar-refractivity contribution in [1.82, 2.24) is 9.80 Å². The predicted octanol–water partition coefficient (Wildman–Crippen LogP) is 3.17. The van der Waals surface area contributed by atoms with E-state index in [9.17, 15) is 14.4 Å². The number of methoxy groups -OCH3 is 1. The van der Waals surface area contributed by atoms with Crippen LogP contribution in [-0.4, -0.2) is 73.5 Å². The molecule has 1 heterocycles. The number of hydrogen-bond donors (Lipinski definition) is 1. The maximum absolute atomic E-state index is 13.3. The van der Waals surface area contributed by atoms with Gasteiger partial charge in [-0.3, -0.25) is 14.4 Å². The highest BCUT2D eigenvalue weighted by Gasteiger charge is 2.29. The topological polar surface area (TPSA) is 88.2 Å². The van der Waals surface area contributed by atoms with E-state index in [-0.39, 0.29) is 42.4 Å². The van der Waals surface area contributed by atoms with E-state index in [1.54, 1.807) is 37.3 Å². The number of rotatable bonds is 5. The highest BCUT2D eigenvalue weighted by molar-refractivity contribution is 5.99. The summed E-state index contributed by atoms with van der Waals surface area (Å²) in [7, 11) is 3.34. The lowest BCUT2D eigenvalue weighted by molar-refractivity contribution is -0.135. The zero-order valence-electron chi connectivity index (χ0n) is 20.1. The summed E-state index contributed by atoms with van der Waals surface area (Å²) in [5.41, 5.74) is 0.914. The summed E-state index contributed by atoms with van der Waals surface area (Å²) in [5, 5.41) is 2.84. The molecule has 1 N–H and O–H groups in total. The van der Waals surface area contributed by atoms with Gasteiger partial charge in [-0.1, -0.05) is 20.8 Å². The van der Waals surface area contributed by atoms with Crippen LogP contribution < -0.4 is 10.1 Å². The Balaban J connectivity index is 2.43. The Kier molecular flexibility index (Phi) is 9.50. The number of fused-ring (bicyclic) bond motifs is 1. The van der Waals surface area contributed by atoms with Crippen molar-refractivity contribution in [3.05, 3.63) is 23.8 Å². The fourth-order valence-electron chi connectivity index (χ4n) is 3.86. The molecule has 8 nitrogen and oxygen atoms in total. The van der Waals surface area contributed by atoms with E-state index >= 15 is 0 Å². The van der Waals surface area contributed by atoms with Gasteiger partial charge in [0.15, 0.2) is 0 Å².